The highest BCUT2D eigenvalue weighted by Gasteiger charge is 2.51. The molecule has 1 aromatic heterocycles. The third-order valence-corrected chi connectivity index (χ3v) is 11.0. The fourth-order valence-electron chi connectivity index (χ4n) is 9.32. The Morgan fingerprint density at radius 3 is 2.11 bits per heavy atom. The van der Waals surface area contributed by atoms with Crippen LogP contribution < -0.4 is 4.57 Å². The minimum absolute atomic E-state index is 0.462. The van der Waals surface area contributed by atoms with E-state index in [0.717, 1.165) is 23.7 Å². The second-order valence-electron chi connectivity index (χ2n) is 13.2. The van der Waals surface area contributed by atoms with Gasteiger partial charge in [-0.15, -0.1) is 0 Å². The Labute approximate surface area is 212 Å². The first-order valence-electron chi connectivity index (χ1n) is 14.5. The minimum atomic E-state index is 0.462. The maximum Gasteiger partial charge on any atom is 0.220 e. The fraction of sp³-hybridized carbons (Fsp3) is 0.559. The van der Waals surface area contributed by atoms with Crippen LogP contribution in [0, 0.1) is 38.5 Å². The molecule has 182 valence electrons. The van der Waals surface area contributed by atoms with E-state index < -0.39 is 0 Å². The number of aryl methyl sites for hydroxylation is 2. The molecular weight excluding hydrogens is 422 g/mol. The monoisotopic (exact) mass is 464 g/mol. The van der Waals surface area contributed by atoms with Gasteiger partial charge in [0.05, 0.1) is 10.9 Å². The molecule has 0 atom stereocenters. The van der Waals surface area contributed by atoms with E-state index in [9.17, 15) is 0 Å². The average Bonchev–Trinajstić information content (AvgIpc) is 3.36. The summed E-state index contributed by atoms with van der Waals surface area (Å²) in [7, 11) is 2.27. The molecule has 3 aromatic rings. The first kappa shape index (κ1) is 22.1. The van der Waals surface area contributed by atoms with Crippen molar-refractivity contribution in [2.24, 2.45) is 24.8 Å². The van der Waals surface area contributed by atoms with Crippen molar-refractivity contribution >= 4 is 10.8 Å². The Bertz CT molecular complexity index is 1290. The number of nitrogens with zero attached hydrogens (tertiary/aromatic N) is 1. The SMILES string of the molecule is Cc1cc(C2CCCC2)cc(-c2c3ccc(C45CC6CC(CC(C6)C4)C5)cc3cc(C)[n+]2C)c1C. The molecule has 0 saturated heterocycles. The van der Waals surface area contributed by atoms with Gasteiger partial charge in [0.15, 0.2) is 5.69 Å². The Morgan fingerprint density at radius 2 is 1.46 bits per heavy atom. The summed E-state index contributed by atoms with van der Waals surface area (Å²) < 4.78 is 2.45. The number of fused-ring (bicyclic) bond motifs is 1. The van der Waals surface area contributed by atoms with Crippen LogP contribution in [0.15, 0.2) is 36.4 Å². The van der Waals surface area contributed by atoms with Crippen LogP contribution in [0.2, 0.25) is 0 Å². The molecule has 4 bridgehead atoms. The quantitative estimate of drug-likeness (QED) is 0.343. The van der Waals surface area contributed by atoms with Crippen LogP contribution in [-0.2, 0) is 12.5 Å². The van der Waals surface area contributed by atoms with Crippen LogP contribution in [0.4, 0.5) is 0 Å². The van der Waals surface area contributed by atoms with Gasteiger partial charge in [-0.05, 0) is 134 Å². The Balaban J connectivity index is 1.38. The van der Waals surface area contributed by atoms with Crippen molar-refractivity contribution in [3.8, 4) is 11.3 Å². The van der Waals surface area contributed by atoms with Crippen molar-refractivity contribution in [1.82, 2.24) is 0 Å². The summed E-state index contributed by atoms with van der Waals surface area (Å²) in [5, 5.41) is 2.88. The number of aromatic nitrogens is 1. The Hall–Kier alpha value is -2.15. The molecule has 0 spiro atoms. The van der Waals surface area contributed by atoms with Crippen LogP contribution in [0.3, 0.4) is 0 Å². The molecule has 1 nitrogen and oxygen atoms in total. The maximum absolute atomic E-state index is 2.61. The summed E-state index contributed by atoms with van der Waals surface area (Å²) in [5.74, 6) is 3.72. The Morgan fingerprint density at radius 1 is 0.800 bits per heavy atom. The normalized spacial score (nSPS) is 30.0. The van der Waals surface area contributed by atoms with E-state index in [1.165, 1.54) is 103 Å². The lowest BCUT2D eigenvalue weighted by molar-refractivity contribution is -0.665. The van der Waals surface area contributed by atoms with Gasteiger partial charge in [-0.25, -0.2) is 0 Å². The molecule has 5 aliphatic rings. The highest BCUT2D eigenvalue weighted by Crippen LogP contribution is 2.61. The zero-order valence-electron chi connectivity index (χ0n) is 22.3. The zero-order valence-corrected chi connectivity index (χ0v) is 22.3. The molecule has 5 aliphatic carbocycles. The molecule has 0 aliphatic heterocycles. The number of benzene rings is 2. The lowest BCUT2D eigenvalue weighted by Gasteiger charge is -2.57. The third kappa shape index (κ3) is 3.44. The van der Waals surface area contributed by atoms with Gasteiger partial charge in [-0.2, -0.15) is 4.57 Å². The third-order valence-electron chi connectivity index (χ3n) is 11.0. The van der Waals surface area contributed by atoms with Crippen molar-refractivity contribution in [3.63, 3.8) is 0 Å². The molecule has 35 heavy (non-hydrogen) atoms. The van der Waals surface area contributed by atoms with E-state index in [4.69, 9.17) is 0 Å². The van der Waals surface area contributed by atoms with Gasteiger partial charge in [-0.3, -0.25) is 0 Å². The van der Waals surface area contributed by atoms with Crippen LogP contribution in [0.1, 0.15) is 98.1 Å². The summed E-state index contributed by atoms with van der Waals surface area (Å²) in [4.78, 5) is 0. The highest BCUT2D eigenvalue weighted by atomic mass is 14.9. The van der Waals surface area contributed by atoms with Crippen molar-refractivity contribution in [2.45, 2.75) is 96.3 Å². The van der Waals surface area contributed by atoms with Crippen LogP contribution in [-0.4, -0.2) is 0 Å². The summed E-state index contributed by atoms with van der Waals surface area (Å²) in [6.45, 7) is 6.95. The second-order valence-corrected chi connectivity index (χ2v) is 13.2. The fourth-order valence-corrected chi connectivity index (χ4v) is 9.32. The van der Waals surface area contributed by atoms with Gasteiger partial charge < -0.3 is 0 Å². The number of hydrogen-bond acceptors (Lipinski definition) is 0. The lowest BCUT2D eigenvalue weighted by Crippen LogP contribution is -2.48. The van der Waals surface area contributed by atoms with E-state index >= 15 is 0 Å². The van der Waals surface area contributed by atoms with Crippen LogP contribution in [0.25, 0.3) is 22.0 Å². The molecular formula is C34H42N+. The molecule has 2 aromatic carbocycles. The summed E-state index contributed by atoms with van der Waals surface area (Å²) in [6.07, 6.45) is 14.4. The van der Waals surface area contributed by atoms with Crippen molar-refractivity contribution < 1.29 is 4.57 Å². The molecule has 0 N–H and O–H groups in total. The molecule has 8 rings (SSSR count). The van der Waals surface area contributed by atoms with Crippen molar-refractivity contribution in [2.75, 3.05) is 0 Å². The molecule has 5 fully saturated rings. The summed E-state index contributed by atoms with van der Waals surface area (Å²) in [6, 6.07) is 15.1. The van der Waals surface area contributed by atoms with E-state index in [0.29, 0.717) is 5.41 Å². The van der Waals surface area contributed by atoms with Crippen molar-refractivity contribution in [3.05, 3.63) is 64.3 Å². The van der Waals surface area contributed by atoms with Gasteiger partial charge >= 0.3 is 0 Å². The summed E-state index contributed by atoms with van der Waals surface area (Å²) in [5.41, 5.74) is 10.8. The first-order chi connectivity index (χ1) is 16.9. The van der Waals surface area contributed by atoms with E-state index in [2.05, 4.69) is 68.8 Å². The highest BCUT2D eigenvalue weighted by molar-refractivity contribution is 5.94. The van der Waals surface area contributed by atoms with Crippen LogP contribution >= 0.6 is 0 Å². The number of hydrogen-bond donors (Lipinski definition) is 0. The van der Waals surface area contributed by atoms with Crippen molar-refractivity contribution in [1.29, 1.82) is 0 Å². The maximum atomic E-state index is 2.61. The van der Waals surface area contributed by atoms with Gasteiger partial charge in [-0.1, -0.05) is 31.0 Å². The van der Waals surface area contributed by atoms with Gasteiger partial charge in [0.25, 0.3) is 0 Å². The largest absolute Gasteiger partial charge is 0.220 e. The lowest BCUT2D eigenvalue weighted by atomic mass is 9.48. The molecule has 0 radical (unpaired) electrons. The zero-order chi connectivity index (χ0) is 23.9. The second kappa shape index (κ2) is 7.92. The van der Waals surface area contributed by atoms with Crippen LogP contribution in [0.5, 0.6) is 0 Å². The van der Waals surface area contributed by atoms with Gasteiger partial charge in [0.1, 0.15) is 7.05 Å². The minimum Gasteiger partial charge on any atom is -0.198 e. The molecule has 1 heterocycles. The Kier molecular flexibility index (Phi) is 5.00. The topological polar surface area (TPSA) is 3.88 Å². The van der Waals surface area contributed by atoms with E-state index in [1.54, 1.807) is 11.1 Å². The molecule has 0 amide bonds. The number of rotatable bonds is 3. The predicted octanol–water partition coefficient (Wildman–Crippen LogP) is 8.38. The molecule has 1 heteroatoms. The number of pyridine rings is 1. The smallest absolute Gasteiger partial charge is 0.198 e. The van der Waals surface area contributed by atoms with Gasteiger partial charge in [0, 0.05) is 13.0 Å². The average molecular weight is 465 g/mol. The van der Waals surface area contributed by atoms with E-state index in [1.807, 2.05) is 0 Å². The molecule has 0 unspecified atom stereocenters. The summed E-state index contributed by atoms with van der Waals surface area (Å²) >= 11 is 0. The first-order valence-corrected chi connectivity index (χ1v) is 14.5. The van der Waals surface area contributed by atoms with Gasteiger partial charge in [0.2, 0.25) is 5.69 Å². The van der Waals surface area contributed by atoms with E-state index in [-0.39, 0.29) is 0 Å². The predicted molar refractivity (Wildman–Crippen MR) is 146 cm³/mol. The standard InChI is InChI=1S/C34H42N/c1-21-11-28(27-7-5-6-8-27)17-32(23(21)3)33-31-10-9-30(16-29(31)12-22(2)35(33)4)34-18-24-13-25(19-34)15-26(14-24)20-34/h9-12,16-17,24-27H,5-8,13-15,18-20H2,1-4H3/q+1. The molecule has 5 saturated carbocycles.